The molecule has 3 nitrogen and oxygen atoms in total. The van der Waals surface area contributed by atoms with Crippen LogP contribution in [0.1, 0.15) is 0 Å². The van der Waals surface area contributed by atoms with Crippen molar-refractivity contribution in [2.75, 3.05) is 0 Å². The predicted octanol–water partition coefficient (Wildman–Crippen LogP) is -2.05. The van der Waals surface area contributed by atoms with Crippen molar-refractivity contribution in [3.8, 4) is 0 Å². The molecule has 39 valence electrons. The third kappa shape index (κ3) is 59.4. The summed E-state index contributed by atoms with van der Waals surface area (Å²) >= 11 is 0. The van der Waals surface area contributed by atoms with Crippen molar-refractivity contribution in [1.29, 1.82) is 0 Å². The van der Waals surface area contributed by atoms with E-state index in [0.29, 0.717) is 0 Å². The maximum atomic E-state index is 0. The fourth-order valence-electron chi connectivity index (χ4n) is 0. The monoisotopic (exact) mass is 193 g/mol. The molecular weight excluding hydrogens is 186 g/mol. The van der Waals surface area contributed by atoms with Crippen molar-refractivity contribution >= 4 is 12.4 Å². The Hall–Kier alpha value is 0.793. The second kappa shape index (κ2) is 110. The molecule has 0 spiro atoms. The molecule has 6 N–H and O–H groups in total. The summed E-state index contributed by atoms with van der Waals surface area (Å²) < 4.78 is 0. The van der Waals surface area contributed by atoms with Gasteiger partial charge >= 0.3 is 19.5 Å². The molecule has 1 radical (unpaired) electrons. The molecule has 0 aliphatic rings. The molecule has 0 bridgehead atoms. The van der Waals surface area contributed by atoms with Gasteiger partial charge in [-0.1, -0.05) is 0 Å². The molecular formula is H7ClO3Rh+2. The summed E-state index contributed by atoms with van der Waals surface area (Å²) in [7, 11) is 0. The Morgan fingerprint density at radius 3 is 0.600 bits per heavy atom. The van der Waals surface area contributed by atoms with E-state index in [1.54, 1.807) is 0 Å². The largest absolute Gasteiger partial charge is 2.00 e. The van der Waals surface area contributed by atoms with Gasteiger partial charge in [0.1, 0.15) is 0 Å². The van der Waals surface area contributed by atoms with Crippen LogP contribution in [0.3, 0.4) is 0 Å². The third-order valence-electron chi connectivity index (χ3n) is 0. The minimum atomic E-state index is 0. The first-order valence-electron chi connectivity index (χ1n) is 0. The van der Waals surface area contributed by atoms with Crippen LogP contribution in [0.4, 0.5) is 0 Å². The van der Waals surface area contributed by atoms with E-state index in [1.807, 2.05) is 0 Å². The van der Waals surface area contributed by atoms with Gasteiger partial charge in [-0.15, -0.1) is 12.4 Å². The van der Waals surface area contributed by atoms with Gasteiger partial charge in [-0.2, -0.15) is 0 Å². The SMILES string of the molecule is Cl.O.O.O.[Rh+2]. The Kier molecular flexibility index (Phi) is 4630. The second-order valence-corrected chi connectivity index (χ2v) is 0. The Morgan fingerprint density at radius 2 is 0.600 bits per heavy atom. The standard InChI is InChI=1S/ClH.3H2O.Rh/h1H;3*1H2;/q;;;;+2. The molecule has 0 aromatic rings. The van der Waals surface area contributed by atoms with E-state index < -0.39 is 0 Å². The molecule has 0 saturated heterocycles. The Bertz CT molecular complexity index is 6.85. The van der Waals surface area contributed by atoms with Gasteiger partial charge in [0.2, 0.25) is 0 Å². The molecule has 5 heteroatoms. The molecule has 0 aromatic carbocycles. The number of hydrogen-bond acceptors (Lipinski definition) is 0. The summed E-state index contributed by atoms with van der Waals surface area (Å²) in [5.41, 5.74) is 0. The predicted molar refractivity (Wildman–Crippen MR) is 18.1 cm³/mol. The maximum Gasteiger partial charge on any atom is 2.00 e. The van der Waals surface area contributed by atoms with Crippen LogP contribution in [0, 0.1) is 0 Å². The molecule has 0 heterocycles. The van der Waals surface area contributed by atoms with Crippen LogP contribution in [-0.4, -0.2) is 16.4 Å². The minimum Gasteiger partial charge on any atom is -0.412 e. The van der Waals surface area contributed by atoms with Crippen LogP contribution in [-0.2, 0) is 19.5 Å². The van der Waals surface area contributed by atoms with Crippen molar-refractivity contribution in [2.45, 2.75) is 0 Å². The molecule has 0 aliphatic heterocycles. The summed E-state index contributed by atoms with van der Waals surface area (Å²) in [6.07, 6.45) is 0. The molecule has 0 saturated carbocycles. The zero-order valence-corrected chi connectivity index (χ0v) is 4.70. The van der Waals surface area contributed by atoms with Crippen LogP contribution in [0.5, 0.6) is 0 Å². The van der Waals surface area contributed by atoms with E-state index in [0.717, 1.165) is 0 Å². The summed E-state index contributed by atoms with van der Waals surface area (Å²) in [5, 5.41) is 0. The van der Waals surface area contributed by atoms with Crippen LogP contribution >= 0.6 is 12.4 Å². The molecule has 0 unspecified atom stereocenters. The van der Waals surface area contributed by atoms with E-state index in [-0.39, 0.29) is 48.3 Å². The number of hydrogen-bond donors (Lipinski definition) is 0. The van der Waals surface area contributed by atoms with E-state index in [4.69, 9.17) is 0 Å². The van der Waals surface area contributed by atoms with Crippen molar-refractivity contribution in [3.63, 3.8) is 0 Å². The van der Waals surface area contributed by atoms with Crippen molar-refractivity contribution in [1.82, 2.24) is 0 Å². The molecule has 5 heavy (non-hydrogen) atoms. The van der Waals surface area contributed by atoms with Gasteiger partial charge in [0.05, 0.1) is 0 Å². The van der Waals surface area contributed by atoms with Crippen LogP contribution < -0.4 is 0 Å². The normalized spacial score (nSPS) is 0. The summed E-state index contributed by atoms with van der Waals surface area (Å²) in [6, 6.07) is 0. The summed E-state index contributed by atoms with van der Waals surface area (Å²) in [6.45, 7) is 0. The minimum absolute atomic E-state index is 0. The molecule has 0 amide bonds. The molecule has 0 aromatic heterocycles. The first kappa shape index (κ1) is 211. The van der Waals surface area contributed by atoms with Gasteiger partial charge in [-0.3, -0.25) is 0 Å². The zero-order valence-electron chi connectivity index (χ0n) is 2.24. The van der Waals surface area contributed by atoms with Gasteiger partial charge in [-0.25, -0.2) is 0 Å². The van der Waals surface area contributed by atoms with Crippen LogP contribution in [0.2, 0.25) is 0 Å². The molecule has 0 atom stereocenters. The van der Waals surface area contributed by atoms with E-state index in [2.05, 4.69) is 0 Å². The van der Waals surface area contributed by atoms with Gasteiger partial charge in [0.15, 0.2) is 0 Å². The van der Waals surface area contributed by atoms with Crippen LogP contribution in [0.15, 0.2) is 0 Å². The van der Waals surface area contributed by atoms with Crippen molar-refractivity contribution < 1.29 is 35.9 Å². The molecule has 0 aliphatic carbocycles. The fourth-order valence-corrected chi connectivity index (χ4v) is 0. The van der Waals surface area contributed by atoms with Gasteiger partial charge in [-0.05, 0) is 0 Å². The van der Waals surface area contributed by atoms with Crippen molar-refractivity contribution in [3.05, 3.63) is 0 Å². The van der Waals surface area contributed by atoms with Crippen molar-refractivity contribution in [2.24, 2.45) is 0 Å². The fraction of sp³-hybridized carbons (Fsp3) is 0. The third-order valence-corrected chi connectivity index (χ3v) is 0. The van der Waals surface area contributed by atoms with Crippen LogP contribution in [0.25, 0.3) is 0 Å². The summed E-state index contributed by atoms with van der Waals surface area (Å²) in [5.74, 6) is 0. The Morgan fingerprint density at radius 1 is 0.600 bits per heavy atom. The van der Waals surface area contributed by atoms with E-state index >= 15 is 0 Å². The van der Waals surface area contributed by atoms with Gasteiger partial charge in [0, 0.05) is 0 Å². The Balaban J connectivity index is 0. The first-order valence-corrected chi connectivity index (χ1v) is 0. The van der Waals surface area contributed by atoms with E-state index in [9.17, 15) is 0 Å². The quantitative estimate of drug-likeness (QED) is 0.396. The summed E-state index contributed by atoms with van der Waals surface area (Å²) in [4.78, 5) is 0. The van der Waals surface area contributed by atoms with E-state index in [1.165, 1.54) is 0 Å². The zero-order chi connectivity index (χ0) is 0. The molecule has 0 fully saturated rings. The first-order chi connectivity index (χ1) is 0. The number of halogens is 1. The van der Waals surface area contributed by atoms with Gasteiger partial charge in [0.25, 0.3) is 0 Å². The average Bonchev–Trinajstić information content (AvgIpc) is 0. The van der Waals surface area contributed by atoms with Gasteiger partial charge < -0.3 is 16.4 Å². The smallest absolute Gasteiger partial charge is 0.412 e. The topological polar surface area (TPSA) is 94.5 Å². The second-order valence-electron chi connectivity index (χ2n) is 0. The molecule has 0 rings (SSSR count). The Labute approximate surface area is 48.8 Å². The average molecular weight is 193 g/mol. The number of rotatable bonds is 0. The maximum absolute atomic E-state index is 0.